The van der Waals surface area contributed by atoms with Crippen molar-refractivity contribution in [2.45, 2.75) is 11.8 Å². The third kappa shape index (κ3) is 5.20. The molecule has 0 saturated heterocycles. The molecule has 178 valence electrons. The molecule has 0 atom stereocenters. The van der Waals surface area contributed by atoms with Crippen molar-refractivity contribution < 1.29 is 31.5 Å². The molecule has 3 rings (SSSR count). The third-order valence-electron chi connectivity index (χ3n) is 4.91. The molecule has 34 heavy (non-hydrogen) atoms. The standard InChI is InChI=1S/C23H21F2N3O5S/c1-13-6-14(8-15(7-13)34(3,31)32)23(30)28(12-22(26)29)20-11-27-5-4-16(20)17-9-18(24)19(25)10-21(17)33-2/h4-11H,12H2,1-3H3,(H2,26,29). The highest BCUT2D eigenvalue weighted by Gasteiger charge is 2.26. The van der Waals surface area contributed by atoms with Crippen LogP contribution in [0.3, 0.4) is 0 Å². The second kappa shape index (κ2) is 9.56. The van der Waals surface area contributed by atoms with Gasteiger partial charge < -0.3 is 10.5 Å². The Bertz CT molecular complexity index is 1390. The number of primary amides is 1. The van der Waals surface area contributed by atoms with E-state index in [9.17, 15) is 26.8 Å². The quantitative estimate of drug-likeness (QED) is 0.545. The maximum absolute atomic E-state index is 14.1. The summed E-state index contributed by atoms with van der Waals surface area (Å²) >= 11 is 0. The van der Waals surface area contributed by atoms with Gasteiger partial charge in [0.2, 0.25) is 5.91 Å². The lowest BCUT2D eigenvalue weighted by Crippen LogP contribution is -2.39. The summed E-state index contributed by atoms with van der Waals surface area (Å²) in [5.74, 6) is -3.91. The summed E-state index contributed by atoms with van der Waals surface area (Å²) in [6.45, 7) is 1.03. The summed E-state index contributed by atoms with van der Waals surface area (Å²) in [4.78, 5) is 30.3. The highest BCUT2D eigenvalue weighted by Crippen LogP contribution is 2.38. The Morgan fingerprint density at radius 3 is 2.38 bits per heavy atom. The van der Waals surface area contributed by atoms with Gasteiger partial charge in [0.05, 0.1) is 23.9 Å². The first-order chi connectivity index (χ1) is 15.9. The van der Waals surface area contributed by atoms with Crippen LogP contribution in [0.15, 0.2) is 53.7 Å². The number of rotatable bonds is 7. The zero-order valence-corrected chi connectivity index (χ0v) is 19.3. The molecular formula is C23H21F2N3O5S. The molecule has 0 saturated carbocycles. The number of pyridine rings is 1. The van der Waals surface area contributed by atoms with Gasteiger partial charge in [0.25, 0.3) is 5.91 Å². The van der Waals surface area contributed by atoms with Gasteiger partial charge in [-0.2, -0.15) is 0 Å². The number of aromatic nitrogens is 1. The lowest BCUT2D eigenvalue weighted by Gasteiger charge is -2.25. The smallest absolute Gasteiger partial charge is 0.258 e. The van der Waals surface area contributed by atoms with Gasteiger partial charge in [0, 0.05) is 35.2 Å². The second-order valence-electron chi connectivity index (χ2n) is 7.52. The normalized spacial score (nSPS) is 11.2. The number of benzene rings is 2. The molecule has 0 aliphatic rings. The van der Waals surface area contributed by atoms with Crippen molar-refractivity contribution in [1.82, 2.24) is 4.98 Å². The molecule has 1 heterocycles. The van der Waals surface area contributed by atoms with E-state index in [1.165, 1.54) is 43.8 Å². The molecule has 2 aromatic carbocycles. The van der Waals surface area contributed by atoms with Gasteiger partial charge in [-0.05, 0) is 42.8 Å². The minimum absolute atomic E-state index is 0.0197. The second-order valence-corrected chi connectivity index (χ2v) is 9.54. The van der Waals surface area contributed by atoms with Crippen molar-refractivity contribution in [3.63, 3.8) is 0 Å². The number of nitrogens with zero attached hydrogens (tertiary/aromatic N) is 2. The highest BCUT2D eigenvalue weighted by atomic mass is 32.2. The Morgan fingerprint density at radius 1 is 1.09 bits per heavy atom. The minimum Gasteiger partial charge on any atom is -0.496 e. The van der Waals surface area contributed by atoms with Crippen molar-refractivity contribution in [2.75, 3.05) is 24.8 Å². The number of amides is 2. The van der Waals surface area contributed by atoms with Crippen LogP contribution in [0.5, 0.6) is 5.75 Å². The van der Waals surface area contributed by atoms with Crippen LogP contribution in [0.25, 0.3) is 11.1 Å². The predicted molar refractivity (Wildman–Crippen MR) is 121 cm³/mol. The summed E-state index contributed by atoms with van der Waals surface area (Å²) in [5, 5.41) is 0. The maximum Gasteiger partial charge on any atom is 0.258 e. The van der Waals surface area contributed by atoms with E-state index in [0.29, 0.717) is 5.56 Å². The van der Waals surface area contributed by atoms with Crippen LogP contribution in [0.1, 0.15) is 15.9 Å². The SMILES string of the molecule is COc1cc(F)c(F)cc1-c1ccncc1N(CC(N)=O)C(=O)c1cc(C)cc(S(C)(=O)=O)c1. The maximum atomic E-state index is 14.1. The molecule has 1 aromatic heterocycles. The number of hydrogen-bond donors (Lipinski definition) is 1. The van der Waals surface area contributed by atoms with Crippen LogP contribution in [0.2, 0.25) is 0 Å². The Balaban J connectivity index is 2.23. The van der Waals surface area contributed by atoms with Crippen LogP contribution in [-0.4, -0.2) is 45.1 Å². The van der Waals surface area contributed by atoms with E-state index < -0.39 is 39.8 Å². The van der Waals surface area contributed by atoms with E-state index in [0.717, 1.165) is 23.3 Å². The van der Waals surface area contributed by atoms with Crippen molar-refractivity contribution in [1.29, 1.82) is 0 Å². The van der Waals surface area contributed by atoms with Crippen molar-refractivity contribution in [3.05, 3.63) is 71.6 Å². The third-order valence-corrected chi connectivity index (χ3v) is 6.00. The van der Waals surface area contributed by atoms with Gasteiger partial charge in [0.15, 0.2) is 21.5 Å². The number of ether oxygens (including phenoxy) is 1. The molecule has 2 N–H and O–H groups in total. The first-order valence-corrected chi connectivity index (χ1v) is 11.7. The van der Waals surface area contributed by atoms with Crippen molar-refractivity contribution in [3.8, 4) is 16.9 Å². The van der Waals surface area contributed by atoms with Crippen molar-refractivity contribution in [2.24, 2.45) is 5.73 Å². The number of sulfone groups is 1. The van der Waals surface area contributed by atoms with Crippen LogP contribution in [0.4, 0.5) is 14.5 Å². The average molecular weight is 490 g/mol. The number of anilines is 1. The lowest BCUT2D eigenvalue weighted by molar-refractivity contribution is -0.116. The Labute approximate surface area is 194 Å². The molecule has 0 fully saturated rings. The van der Waals surface area contributed by atoms with Gasteiger partial charge in [0.1, 0.15) is 12.3 Å². The number of hydrogen-bond acceptors (Lipinski definition) is 6. The number of carbonyl (C=O) groups excluding carboxylic acids is 2. The molecule has 3 aromatic rings. The zero-order chi connectivity index (χ0) is 25.2. The predicted octanol–water partition coefficient (Wildman–Crippen LogP) is 2.88. The largest absolute Gasteiger partial charge is 0.496 e. The van der Waals surface area contributed by atoms with Gasteiger partial charge in [-0.3, -0.25) is 19.5 Å². The van der Waals surface area contributed by atoms with Gasteiger partial charge in [-0.15, -0.1) is 0 Å². The number of methoxy groups -OCH3 is 1. The van der Waals surface area contributed by atoms with Gasteiger partial charge in [-0.1, -0.05) is 0 Å². The monoisotopic (exact) mass is 489 g/mol. The van der Waals surface area contributed by atoms with E-state index in [2.05, 4.69) is 4.98 Å². The van der Waals surface area contributed by atoms with Crippen molar-refractivity contribution >= 4 is 27.3 Å². The van der Waals surface area contributed by atoms with Crippen LogP contribution < -0.4 is 15.4 Å². The number of aryl methyl sites for hydroxylation is 1. The summed E-state index contributed by atoms with van der Waals surface area (Å²) in [5.41, 5.74) is 6.22. The summed E-state index contributed by atoms with van der Waals surface area (Å²) in [7, 11) is -2.37. The molecule has 0 aliphatic heterocycles. The molecule has 8 nitrogen and oxygen atoms in total. The van der Waals surface area contributed by atoms with E-state index >= 15 is 0 Å². The van der Waals surface area contributed by atoms with Crippen LogP contribution >= 0.6 is 0 Å². The van der Waals surface area contributed by atoms with Gasteiger partial charge >= 0.3 is 0 Å². The van der Waals surface area contributed by atoms with E-state index in [-0.39, 0.29) is 33.0 Å². The molecular weight excluding hydrogens is 468 g/mol. The van der Waals surface area contributed by atoms with Crippen LogP contribution in [-0.2, 0) is 14.6 Å². The molecule has 0 radical (unpaired) electrons. The average Bonchev–Trinajstić information content (AvgIpc) is 2.77. The molecule has 0 unspecified atom stereocenters. The first kappa shape index (κ1) is 24.8. The molecule has 0 bridgehead atoms. The van der Waals surface area contributed by atoms with Crippen LogP contribution in [0, 0.1) is 18.6 Å². The topological polar surface area (TPSA) is 120 Å². The summed E-state index contributed by atoms with van der Waals surface area (Å²) in [6, 6.07) is 7.24. The van der Waals surface area contributed by atoms with E-state index in [1.54, 1.807) is 6.92 Å². The molecule has 0 spiro atoms. The highest BCUT2D eigenvalue weighted by molar-refractivity contribution is 7.90. The molecule has 11 heteroatoms. The summed E-state index contributed by atoms with van der Waals surface area (Å²) in [6.07, 6.45) is 3.62. The Kier molecular flexibility index (Phi) is 6.96. The fraction of sp³-hybridized carbons (Fsp3) is 0.174. The Hall–Kier alpha value is -3.86. The minimum atomic E-state index is -3.63. The number of nitrogens with two attached hydrogens (primary N) is 1. The summed E-state index contributed by atoms with van der Waals surface area (Å²) < 4.78 is 57.2. The molecule has 0 aliphatic carbocycles. The molecule has 2 amide bonds. The zero-order valence-electron chi connectivity index (χ0n) is 18.5. The first-order valence-electron chi connectivity index (χ1n) is 9.81. The lowest BCUT2D eigenvalue weighted by atomic mass is 10.0. The fourth-order valence-electron chi connectivity index (χ4n) is 3.40. The number of carbonyl (C=O) groups is 2. The van der Waals surface area contributed by atoms with Gasteiger partial charge in [-0.25, -0.2) is 17.2 Å². The van der Waals surface area contributed by atoms with E-state index in [4.69, 9.17) is 10.5 Å². The Morgan fingerprint density at radius 2 is 1.76 bits per heavy atom. The van der Waals surface area contributed by atoms with E-state index in [1.807, 2.05) is 0 Å². The fourth-order valence-corrected chi connectivity index (χ4v) is 4.14. The number of halogens is 2.